The number of rotatable bonds is 5. The lowest BCUT2D eigenvalue weighted by atomic mass is 10.1. The molecular weight excluding hydrogens is 218 g/mol. The van der Waals surface area contributed by atoms with Gasteiger partial charge in [0.25, 0.3) is 5.69 Å². The van der Waals surface area contributed by atoms with Gasteiger partial charge in [-0.05, 0) is 24.4 Å². The Morgan fingerprint density at radius 3 is 2.67 bits per heavy atom. The monoisotopic (exact) mass is 227 g/mol. The van der Waals surface area contributed by atoms with Crippen LogP contribution in [0.3, 0.4) is 0 Å². The highest BCUT2D eigenvalue weighted by Crippen LogP contribution is 2.19. The predicted molar refractivity (Wildman–Crippen MR) is 56.9 cm³/mol. The Balaban J connectivity index is 2.67. The third-order valence-electron chi connectivity index (χ3n) is 2.01. The molecule has 5 heteroatoms. The van der Waals surface area contributed by atoms with E-state index in [1.165, 1.54) is 6.07 Å². The first-order valence-electron chi connectivity index (χ1n) is 4.52. The van der Waals surface area contributed by atoms with Crippen LogP contribution < -0.4 is 0 Å². The minimum Gasteiger partial charge on any atom is -0.281 e. The highest BCUT2D eigenvalue weighted by molar-refractivity contribution is 6.63. The summed E-state index contributed by atoms with van der Waals surface area (Å²) in [6, 6.07) is 6.51. The van der Waals surface area contributed by atoms with Crippen molar-refractivity contribution in [1.82, 2.24) is 0 Å². The van der Waals surface area contributed by atoms with Crippen molar-refractivity contribution in [1.29, 1.82) is 0 Å². The molecule has 1 aromatic rings. The van der Waals surface area contributed by atoms with Gasteiger partial charge in [0.15, 0.2) is 0 Å². The average molecular weight is 228 g/mol. The maximum atomic E-state index is 10.6. The van der Waals surface area contributed by atoms with Gasteiger partial charge in [0.2, 0.25) is 5.24 Å². The molecule has 1 aromatic carbocycles. The van der Waals surface area contributed by atoms with Gasteiger partial charge in [-0.2, -0.15) is 0 Å². The van der Waals surface area contributed by atoms with Crippen LogP contribution >= 0.6 is 11.6 Å². The van der Waals surface area contributed by atoms with Gasteiger partial charge in [-0.25, -0.2) is 0 Å². The minimum atomic E-state index is -0.419. The fraction of sp³-hybridized carbons (Fsp3) is 0.300. The Morgan fingerprint density at radius 1 is 1.40 bits per heavy atom. The molecule has 0 N–H and O–H groups in total. The molecule has 80 valence electrons. The summed E-state index contributed by atoms with van der Waals surface area (Å²) in [5.74, 6) is 0. The number of nitro benzene ring substituents is 1. The van der Waals surface area contributed by atoms with E-state index in [1.54, 1.807) is 18.2 Å². The molecule has 0 spiro atoms. The quantitative estimate of drug-likeness (QED) is 0.441. The fourth-order valence-corrected chi connectivity index (χ4v) is 1.45. The Morgan fingerprint density at radius 2 is 2.07 bits per heavy atom. The summed E-state index contributed by atoms with van der Waals surface area (Å²) in [5.41, 5.74) is 0.736. The number of carbonyl (C=O) groups excluding carboxylic acids is 1. The van der Waals surface area contributed by atoms with Crippen LogP contribution in [0, 0.1) is 10.1 Å². The molecule has 0 heterocycles. The summed E-state index contributed by atoms with van der Waals surface area (Å²) in [7, 11) is 0. The van der Waals surface area contributed by atoms with Crippen molar-refractivity contribution in [3.63, 3.8) is 0 Å². The first kappa shape index (κ1) is 11.7. The number of nitrogens with zero attached hydrogens (tertiary/aromatic N) is 1. The van der Waals surface area contributed by atoms with Gasteiger partial charge >= 0.3 is 0 Å². The Bertz CT molecular complexity index is 379. The van der Waals surface area contributed by atoms with Gasteiger partial charge in [0.1, 0.15) is 0 Å². The lowest BCUT2D eigenvalue weighted by molar-refractivity contribution is -0.385. The standard InChI is InChI=1S/C10H10ClNO3/c11-10(13)7-3-5-8-4-1-2-6-9(8)12(14)15/h1-2,4,6H,3,5,7H2. The third kappa shape index (κ3) is 3.67. The summed E-state index contributed by atoms with van der Waals surface area (Å²) in [6.07, 6.45) is 1.27. The van der Waals surface area contributed by atoms with Crippen molar-refractivity contribution in [2.75, 3.05) is 0 Å². The Labute approximate surface area is 92.0 Å². The lowest BCUT2D eigenvalue weighted by Gasteiger charge is -2.00. The van der Waals surface area contributed by atoms with Crippen molar-refractivity contribution in [3.8, 4) is 0 Å². The van der Waals surface area contributed by atoms with Crippen molar-refractivity contribution in [2.45, 2.75) is 19.3 Å². The second kappa shape index (κ2) is 5.46. The molecule has 0 atom stereocenters. The lowest BCUT2D eigenvalue weighted by Crippen LogP contribution is -1.96. The number of halogens is 1. The second-order valence-electron chi connectivity index (χ2n) is 3.09. The number of aryl methyl sites for hydroxylation is 1. The zero-order chi connectivity index (χ0) is 11.3. The summed E-state index contributed by atoms with van der Waals surface area (Å²) < 4.78 is 0. The molecule has 0 bridgehead atoms. The maximum absolute atomic E-state index is 10.6. The van der Waals surface area contributed by atoms with Gasteiger partial charge < -0.3 is 0 Å². The van der Waals surface area contributed by atoms with E-state index in [2.05, 4.69) is 0 Å². The zero-order valence-electron chi connectivity index (χ0n) is 7.98. The smallest absolute Gasteiger partial charge is 0.272 e. The van der Waals surface area contributed by atoms with Crippen LogP contribution in [0.1, 0.15) is 18.4 Å². The first-order valence-corrected chi connectivity index (χ1v) is 4.89. The first-order chi connectivity index (χ1) is 7.11. The predicted octanol–water partition coefficient (Wildman–Crippen LogP) is 2.68. The normalized spacial score (nSPS) is 9.93. The zero-order valence-corrected chi connectivity index (χ0v) is 8.74. The van der Waals surface area contributed by atoms with Crippen LogP contribution in [0.15, 0.2) is 24.3 Å². The molecule has 0 saturated heterocycles. The molecular formula is C10H10ClNO3. The molecule has 0 aliphatic rings. The van der Waals surface area contributed by atoms with E-state index in [9.17, 15) is 14.9 Å². The van der Waals surface area contributed by atoms with Gasteiger partial charge in [0, 0.05) is 18.1 Å². The molecule has 0 aromatic heterocycles. The van der Waals surface area contributed by atoms with Crippen LogP contribution in [-0.2, 0) is 11.2 Å². The molecule has 0 saturated carbocycles. The minimum absolute atomic E-state index is 0.0968. The van der Waals surface area contributed by atoms with Gasteiger partial charge in [0.05, 0.1) is 4.92 Å². The molecule has 0 fully saturated rings. The van der Waals surface area contributed by atoms with Crippen LogP contribution in [0.2, 0.25) is 0 Å². The van der Waals surface area contributed by atoms with Crippen LogP contribution in [0.5, 0.6) is 0 Å². The number of hydrogen-bond acceptors (Lipinski definition) is 3. The summed E-state index contributed by atoms with van der Waals surface area (Å²) in [5, 5.41) is 10.2. The molecule has 1 rings (SSSR count). The molecule has 0 amide bonds. The Hall–Kier alpha value is -1.42. The summed E-state index contributed by atoms with van der Waals surface area (Å²) >= 11 is 5.17. The molecule has 0 radical (unpaired) electrons. The van der Waals surface area contributed by atoms with Crippen LogP contribution in [0.25, 0.3) is 0 Å². The van der Waals surface area contributed by atoms with E-state index in [0.717, 1.165) is 0 Å². The SMILES string of the molecule is O=C(Cl)CCCc1ccccc1[N+](=O)[O-]. The maximum Gasteiger partial charge on any atom is 0.272 e. The summed E-state index contributed by atoms with van der Waals surface area (Å²) in [6.45, 7) is 0. The molecule has 0 aliphatic heterocycles. The second-order valence-corrected chi connectivity index (χ2v) is 3.52. The van der Waals surface area contributed by atoms with Crippen molar-refractivity contribution in [3.05, 3.63) is 39.9 Å². The highest BCUT2D eigenvalue weighted by Gasteiger charge is 2.11. The average Bonchev–Trinajstić information content (AvgIpc) is 2.17. The molecule has 15 heavy (non-hydrogen) atoms. The number of hydrogen-bond donors (Lipinski definition) is 0. The van der Waals surface area contributed by atoms with Gasteiger partial charge in [-0.3, -0.25) is 14.9 Å². The molecule has 4 nitrogen and oxygen atoms in total. The van der Waals surface area contributed by atoms with Crippen LogP contribution in [-0.4, -0.2) is 10.2 Å². The van der Waals surface area contributed by atoms with Crippen molar-refractivity contribution >= 4 is 22.5 Å². The van der Waals surface area contributed by atoms with E-state index in [-0.39, 0.29) is 12.1 Å². The van der Waals surface area contributed by atoms with E-state index >= 15 is 0 Å². The van der Waals surface area contributed by atoms with Crippen LogP contribution in [0.4, 0.5) is 5.69 Å². The fourth-order valence-electron chi connectivity index (χ4n) is 1.32. The van der Waals surface area contributed by atoms with E-state index in [4.69, 9.17) is 11.6 Å². The van der Waals surface area contributed by atoms with E-state index in [0.29, 0.717) is 18.4 Å². The van der Waals surface area contributed by atoms with Gasteiger partial charge in [-0.1, -0.05) is 18.2 Å². The number of nitro groups is 1. The summed E-state index contributed by atoms with van der Waals surface area (Å²) in [4.78, 5) is 20.7. The Kier molecular flexibility index (Phi) is 4.24. The largest absolute Gasteiger partial charge is 0.281 e. The number of benzene rings is 1. The van der Waals surface area contributed by atoms with Crippen molar-refractivity contribution < 1.29 is 9.72 Å². The number of carbonyl (C=O) groups is 1. The number of para-hydroxylation sites is 1. The van der Waals surface area contributed by atoms with Gasteiger partial charge in [-0.15, -0.1) is 0 Å². The van der Waals surface area contributed by atoms with E-state index < -0.39 is 10.2 Å². The highest BCUT2D eigenvalue weighted by atomic mass is 35.5. The topological polar surface area (TPSA) is 60.2 Å². The van der Waals surface area contributed by atoms with E-state index in [1.807, 2.05) is 0 Å². The molecule has 0 unspecified atom stereocenters. The third-order valence-corrected chi connectivity index (χ3v) is 2.20. The van der Waals surface area contributed by atoms with Crippen molar-refractivity contribution in [2.24, 2.45) is 0 Å². The molecule has 0 aliphatic carbocycles.